The third kappa shape index (κ3) is 1.66. The second kappa shape index (κ2) is 3.47. The minimum absolute atomic E-state index is 0.256. The number of nitrogens with zero attached hydrogens (tertiary/aromatic N) is 2. The number of aromatic nitrogens is 2. The van der Waals surface area contributed by atoms with E-state index in [1.165, 1.54) is 28.9 Å². The molecule has 0 atom stereocenters. The maximum absolute atomic E-state index is 10.6. The molecule has 0 aliphatic carbocycles. The summed E-state index contributed by atoms with van der Waals surface area (Å²) in [7, 11) is 0. The van der Waals surface area contributed by atoms with Gasteiger partial charge in [-0.2, -0.15) is 0 Å². The van der Waals surface area contributed by atoms with Gasteiger partial charge in [-0.25, -0.2) is 14.8 Å². The Balaban J connectivity index is 2.38. The standard InChI is InChI=1S/C8H6N2O2S2/c1-4-9-2-5(13-4)7-10-3-6(14-7)8(11)12/h2-3H,1H3,(H,11,12). The van der Waals surface area contributed by atoms with Crippen LogP contribution in [-0.2, 0) is 0 Å². The number of hydrogen-bond acceptors (Lipinski definition) is 5. The van der Waals surface area contributed by atoms with Crippen LogP contribution in [0.25, 0.3) is 9.88 Å². The number of aryl methyl sites for hydroxylation is 1. The summed E-state index contributed by atoms with van der Waals surface area (Å²) < 4.78 is 0. The van der Waals surface area contributed by atoms with E-state index in [-0.39, 0.29) is 4.88 Å². The molecule has 0 bridgehead atoms. The van der Waals surface area contributed by atoms with E-state index in [1.807, 2.05) is 6.92 Å². The first-order chi connectivity index (χ1) is 6.66. The predicted molar refractivity (Wildman–Crippen MR) is 54.9 cm³/mol. The summed E-state index contributed by atoms with van der Waals surface area (Å²) in [6.07, 6.45) is 3.09. The quantitative estimate of drug-likeness (QED) is 0.853. The fraction of sp³-hybridized carbons (Fsp3) is 0.125. The van der Waals surface area contributed by atoms with Crippen LogP contribution >= 0.6 is 22.7 Å². The highest BCUT2D eigenvalue weighted by molar-refractivity contribution is 7.22. The van der Waals surface area contributed by atoms with Crippen LogP contribution in [0.5, 0.6) is 0 Å². The van der Waals surface area contributed by atoms with Gasteiger partial charge >= 0.3 is 5.97 Å². The molecule has 4 nitrogen and oxygen atoms in total. The zero-order valence-corrected chi connectivity index (χ0v) is 8.85. The lowest BCUT2D eigenvalue weighted by Gasteiger charge is -1.84. The van der Waals surface area contributed by atoms with Gasteiger partial charge in [0.15, 0.2) is 0 Å². The first-order valence-electron chi connectivity index (χ1n) is 3.79. The van der Waals surface area contributed by atoms with Crippen LogP contribution in [0, 0.1) is 6.92 Å². The number of rotatable bonds is 2. The summed E-state index contributed by atoms with van der Waals surface area (Å²) in [6.45, 7) is 1.90. The van der Waals surface area contributed by atoms with Crippen molar-refractivity contribution in [1.29, 1.82) is 0 Å². The molecule has 0 aromatic carbocycles. The molecule has 0 saturated carbocycles. The molecule has 2 aromatic heterocycles. The third-order valence-electron chi connectivity index (χ3n) is 1.55. The van der Waals surface area contributed by atoms with Crippen molar-refractivity contribution in [3.8, 4) is 9.88 Å². The van der Waals surface area contributed by atoms with Crippen molar-refractivity contribution in [3.63, 3.8) is 0 Å². The van der Waals surface area contributed by atoms with Crippen LogP contribution in [0.15, 0.2) is 12.4 Å². The molecule has 2 rings (SSSR count). The Hall–Kier alpha value is -1.27. The lowest BCUT2D eigenvalue weighted by molar-refractivity contribution is 0.0702. The average molecular weight is 226 g/mol. The SMILES string of the molecule is Cc1ncc(-c2ncc(C(=O)O)s2)s1. The lowest BCUT2D eigenvalue weighted by atomic mass is 10.5. The Labute approximate surface area is 87.9 Å². The van der Waals surface area contributed by atoms with Crippen molar-refractivity contribution in [2.75, 3.05) is 0 Å². The summed E-state index contributed by atoms with van der Waals surface area (Å²) in [5.74, 6) is -0.935. The fourth-order valence-electron chi connectivity index (χ4n) is 0.947. The van der Waals surface area contributed by atoms with E-state index in [1.54, 1.807) is 6.20 Å². The van der Waals surface area contributed by atoms with Crippen LogP contribution in [0.1, 0.15) is 14.7 Å². The predicted octanol–water partition coefficient (Wildman–Crippen LogP) is 2.27. The minimum atomic E-state index is -0.935. The van der Waals surface area contributed by atoms with E-state index in [9.17, 15) is 4.79 Å². The van der Waals surface area contributed by atoms with Gasteiger partial charge in [-0.15, -0.1) is 22.7 Å². The molecule has 0 unspecified atom stereocenters. The van der Waals surface area contributed by atoms with E-state index >= 15 is 0 Å². The maximum Gasteiger partial charge on any atom is 0.347 e. The van der Waals surface area contributed by atoms with Gasteiger partial charge in [0, 0.05) is 6.20 Å². The van der Waals surface area contributed by atoms with Crippen LogP contribution in [0.4, 0.5) is 0 Å². The first kappa shape index (κ1) is 9.29. The van der Waals surface area contributed by atoms with Gasteiger partial charge in [0.1, 0.15) is 9.88 Å². The Morgan fingerprint density at radius 2 is 2.14 bits per heavy atom. The lowest BCUT2D eigenvalue weighted by Crippen LogP contribution is -1.89. The summed E-state index contributed by atoms with van der Waals surface area (Å²) in [5.41, 5.74) is 0. The molecule has 14 heavy (non-hydrogen) atoms. The molecule has 6 heteroatoms. The second-order valence-corrected chi connectivity index (χ2v) is 4.84. The van der Waals surface area contributed by atoms with Gasteiger partial charge in [-0.3, -0.25) is 0 Å². The van der Waals surface area contributed by atoms with Gasteiger partial charge in [-0.1, -0.05) is 0 Å². The molecule has 2 aromatic rings. The van der Waals surface area contributed by atoms with Gasteiger partial charge in [-0.05, 0) is 6.92 Å². The number of carboxylic acid groups (broad SMARTS) is 1. The maximum atomic E-state index is 10.6. The van der Waals surface area contributed by atoms with Crippen LogP contribution in [-0.4, -0.2) is 21.0 Å². The van der Waals surface area contributed by atoms with Gasteiger partial charge < -0.3 is 5.11 Å². The number of carboxylic acids is 1. The summed E-state index contributed by atoms with van der Waals surface area (Å²) >= 11 is 2.68. The summed E-state index contributed by atoms with van der Waals surface area (Å²) in [6, 6.07) is 0. The highest BCUT2D eigenvalue weighted by Gasteiger charge is 2.11. The van der Waals surface area contributed by atoms with E-state index in [0.29, 0.717) is 5.01 Å². The van der Waals surface area contributed by atoms with E-state index in [0.717, 1.165) is 9.88 Å². The number of aromatic carboxylic acids is 1. The third-order valence-corrected chi connectivity index (χ3v) is 3.62. The molecular weight excluding hydrogens is 220 g/mol. The van der Waals surface area contributed by atoms with Gasteiger partial charge in [0.25, 0.3) is 0 Å². The molecule has 0 spiro atoms. The number of carbonyl (C=O) groups is 1. The average Bonchev–Trinajstić information content (AvgIpc) is 2.70. The Kier molecular flexibility index (Phi) is 2.30. The molecule has 2 heterocycles. The molecule has 72 valence electrons. The molecule has 0 amide bonds. The fourth-order valence-corrected chi connectivity index (χ4v) is 2.53. The van der Waals surface area contributed by atoms with Gasteiger partial charge in [0.05, 0.1) is 16.1 Å². The summed E-state index contributed by atoms with van der Waals surface area (Å²) in [5, 5.41) is 10.4. The summed E-state index contributed by atoms with van der Waals surface area (Å²) in [4.78, 5) is 19.9. The van der Waals surface area contributed by atoms with E-state index < -0.39 is 5.97 Å². The Morgan fingerprint density at radius 1 is 1.36 bits per heavy atom. The van der Waals surface area contributed by atoms with Crippen molar-refractivity contribution >= 4 is 28.6 Å². The molecular formula is C8H6N2O2S2. The largest absolute Gasteiger partial charge is 0.477 e. The first-order valence-corrected chi connectivity index (χ1v) is 5.42. The van der Waals surface area contributed by atoms with Crippen molar-refractivity contribution in [1.82, 2.24) is 9.97 Å². The Bertz CT molecular complexity index is 475. The number of hydrogen-bond donors (Lipinski definition) is 1. The zero-order chi connectivity index (χ0) is 10.1. The van der Waals surface area contributed by atoms with Gasteiger partial charge in [0.2, 0.25) is 0 Å². The Morgan fingerprint density at radius 3 is 2.64 bits per heavy atom. The van der Waals surface area contributed by atoms with Crippen molar-refractivity contribution in [2.45, 2.75) is 6.92 Å². The molecule has 1 N–H and O–H groups in total. The minimum Gasteiger partial charge on any atom is -0.477 e. The second-order valence-electron chi connectivity index (χ2n) is 2.58. The van der Waals surface area contributed by atoms with Crippen LogP contribution < -0.4 is 0 Å². The molecule has 0 saturated heterocycles. The topological polar surface area (TPSA) is 63.1 Å². The van der Waals surface area contributed by atoms with Crippen molar-refractivity contribution < 1.29 is 9.90 Å². The monoisotopic (exact) mass is 226 g/mol. The van der Waals surface area contributed by atoms with Crippen LogP contribution in [0.3, 0.4) is 0 Å². The molecule has 0 aliphatic rings. The van der Waals surface area contributed by atoms with E-state index in [4.69, 9.17) is 5.11 Å². The van der Waals surface area contributed by atoms with E-state index in [2.05, 4.69) is 9.97 Å². The van der Waals surface area contributed by atoms with Crippen molar-refractivity contribution in [3.05, 3.63) is 22.3 Å². The highest BCUT2D eigenvalue weighted by Crippen LogP contribution is 2.29. The number of thiazole rings is 2. The van der Waals surface area contributed by atoms with Crippen LogP contribution in [0.2, 0.25) is 0 Å². The normalized spacial score (nSPS) is 10.4. The van der Waals surface area contributed by atoms with Crippen molar-refractivity contribution in [2.24, 2.45) is 0 Å². The highest BCUT2D eigenvalue weighted by atomic mass is 32.1. The zero-order valence-electron chi connectivity index (χ0n) is 7.22. The molecule has 0 aliphatic heterocycles. The molecule has 0 fully saturated rings. The smallest absolute Gasteiger partial charge is 0.347 e. The molecule has 0 radical (unpaired) electrons.